The summed E-state index contributed by atoms with van der Waals surface area (Å²) in [5.41, 5.74) is 11.6. The number of carbonyl (C=O) groups excluding carboxylic acids is 1. The van der Waals surface area contributed by atoms with Crippen LogP contribution in [0, 0.1) is 6.92 Å². The van der Waals surface area contributed by atoms with Crippen LogP contribution < -0.4 is 16.8 Å². The number of thiophene rings is 1. The number of alkyl halides is 3. The summed E-state index contributed by atoms with van der Waals surface area (Å²) in [7, 11) is 1.56. The number of aryl methyl sites for hydroxylation is 1. The van der Waals surface area contributed by atoms with Crippen molar-refractivity contribution in [2.75, 3.05) is 13.6 Å². The molecule has 0 saturated heterocycles. The van der Waals surface area contributed by atoms with E-state index in [1.54, 1.807) is 13.1 Å². The van der Waals surface area contributed by atoms with E-state index in [4.69, 9.17) is 23.1 Å². The lowest BCUT2D eigenvalue weighted by Crippen LogP contribution is -2.41. The van der Waals surface area contributed by atoms with Crippen molar-refractivity contribution in [1.82, 2.24) is 5.32 Å². The molecule has 1 amide bonds. The monoisotopic (exact) mass is 458 g/mol. The molecule has 0 spiro atoms. The zero-order valence-corrected chi connectivity index (χ0v) is 18.0. The SMILES string of the molecule is CN=C(C(Cl)=CN)c1cc(C(=O)N[C@H](CN)Cc2ccccc2C(F)(F)F)sc1C. The van der Waals surface area contributed by atoms with E-state index in [0.717, 1.165) is 10.9 Å². The number of allylic oxidation sites excluding steroid dienone is 1. The summed E-state index contributed by atoms with van der Waals surface area (Å²) in [6.07, 6.45) is -3.31. The molecule has 162 valence electrons. The van der Waals surface area contributed by atoms with Gasteiger partial charge in [0.25, 0.3) is 5.91 Å². The Kier molecular flexibility index (Phi) is 8.05. The molecule has 1 atom stereocenters. The van der Waals surface area contributed by atoms with Crippen LogP contribution >= 0.6 is 22.9 Å². The molecule has 1 aromatic heterocycles. The highest BCUT2D eigenvalue weighted by atomic mass is 35.5. The Morgan fingerprint density at radius 1 is 1.37 bits per heavy atom. The molecule has 5 nitrogen and oxygen atoms in total. The van der Waals surface area contributed by atoms with Gasteiger partial charge >= 0.3 is 6.18 Å². The Bertz CT molecular complexity index is 969. The summed E-state index contributed by atoms with van der Waals surface area (Å²) in [5.74, 6) is -0.433. The van der Waals surface area contributed by atoms with Crippen LogP contribution in [0.1, 0.15) is 31.2 Å². The molecular formula is C20H22ClF3N4OS. The fourth-order valence-corrected chi connectivity index (χ4v) is 4.06. The molecule has 0 unspecified atom stereocenters. The van der Waals surface area contributed by atoms with Gasteiger partial charge in [-0.3, -0.25) is 9.79 Å². The highest BCUT2D eigenvalue weighted by Gasteiger charge is 2.33. The van der Waals surface area contributed by atoms with Crippen LogP contribution in [0.3, 0.4) is 0 Å². The number of carbonyl (C=O) groups is 1. The Morgan fingerprint density at radius 2 is 2.03 bits per heavy atom. The zero-order chi connectivity index (χ0) is 22.5. The van der Waals surface area contributed by atoms with Gasteiger partial charge in [0.1, 0.15) is 0 Å². The lowest BCUT2D eigenvalue weighted by atomic mass is 9.99. The number of hydrogen-bond donors (Lipinski definition) is 3. The molecule has 0 saturated carbocycles. The van der Waals surface area contributed by atoms with Crippen LogP contribution in [0.5, 0.6) is 0 Å². The third kappa shape index (κ3) is 5.62. The van der Waals surface area contributed by atoms with Gasteiger partial charge in [-0.2, -0.15) is 13.2 Å². The molecule has 0 fully saturated rings. The van der Waals surface area contributed by atoms with Crippen molar-refractivity contribution >= 4 is 34.6 Å². The van der Waals surface area contributed by atoms with E-state index in [1.165, 1.54) is 35.7 Å². The minimum absolute atomic E-state index is 0.0153. The van der Waals surface area contributed by atoms with Crippen molar-refractivity contribution in [2.24, 2.45) is 16.5 Å². The van der Waals surface area contributed by atoms with E-state index in [9.17, 15) is 18.0 Å². The predicted octanol–water partition coefficient (Wildman–Crippen LogP) is 3.83. The van der Waals surface area contributed by atoms with Crippen molar-refractivity contribution in [3.05, 3.63) is 68.0 Å². The predicted molar refractivity (Wildman–Crippen MR) is 115 cm³/mol. The maximum Gasteiger partial charge on any atom is 0.416 e. The van der Waals surface area contributed by atoms with Crippen LogP contribution in [0.4, 0.5) is 13.2 Å². The smallest absolute Gasteiger partial charge is 0.403 e. The van der Waals surface area contributed by atoms with Gasteiger partial charge in [-0.15, -0.1) is 11.3 Å². The Morgan fingerprint density at radius 3 is 2.60 bits per heavy atom. The maximum atomic E-state index is 13.2. The summed E-state index contributed by atoms with van der Waals surface area (Å²) in [6.45, 7) is 1.79. The van der Waals surface area contributed by atoms with Crippen molar-refractivity contribution in [3.63, 3.8) is 0 Å². The number of nitrogens with one attached hydrogen (secondary N) is 1. The summed E-state index contributed by atoms with van der Waals surface area (Å²) in [5, 5.41) is 2.96. The first-order valence-corrected chi connectivity index (χ1v) is 10.1. The minimum atomic E-state index is -4.48. The number of benzene rings is 1. The number of nitrogens with zero attached hydrogens (tertiary/aromatic N) is 1. The molecule has 2 aromatic rings. The fraction of sp³-hybridized carbons (Fsp3) is 0.300. The number of rotatable bonds is 7. The molecule has 0 aliphatic carbocycles. The van der Waals surface area contributed by atoms with Crippen molar-refractivity contribution in [3.8, 4) is 0 Å². The molecule has 10 heteroatoms. The third-order valence-corrected chi connectivity index (χ3v) is 5.76. The van der Waals surface area contributed by atoms with Gasteiger partial charge in [0.15, 0.2) is 0 Å². The second-order valence-corrected chi connectivity index (χ2v) is 8.10. The highest BCUT2D eigenvalue weighted by Crippen LogP contribution is 2.32. The average molecular weight is 459 g/mol. The minimum Gasteiger partial charge on any atom is -0.403 e. The molecule has 5 N–H and O–H groups in total. The molecule has 0 aliphatic rings. The number of hydrogen-bond acceptors (Lipinski definition) is 5. The van der Waals surface area contributed by atoms with Gasteiger partial charge < -0.3 is 16.8 Å². The number of nitrogens with two attached hydrogens (primary N) is 2. The van der Waals surface area contributed by atoms with E-state index in [2.05, 4.69) is 10.3 Å². The largest absolute Gasteiger partial charge is 0.416 e. The van der Waals surface area contributed by atoms with E-state index >= 15 is 0 Å². The first kappa shape index (κ1) is 23.9. The van der Waals surface area contributed by atoms with Crippen molar-refractivity contribution in [2.45, 2.75) is 25.6 Å². The van der Waals surface area contributed by atoms with Gasteiger partial charge in [-0.25, -0.2) is 0 Å². The Labute approximate surface area is 181 Å². The van der Waals surface area contributed by atoms with E-state index in [1.807, 2.05) is 6.92 Å². The molecule has 2 rings (SSSR count). The summed E-state index contributed by atoms with van der Waals surface area (Å²) < 4.78 is 39.7. The Balaban J connectivity index is 2.22. The topological polar surface area (TPSA) is 93.5 Å². The van der Waals surface area contributed by atoms with E-state index < -0.39 is 23.7 Å². The van der Waals surface area contributed by atoms with Gasteiger partial charge in [0, 0.05) is 36.3 Å². The number of aliphatic imine (C=N–C) groups is 1. The second kappa shape index (κ2) is 10.1. The zero-order valence-electron chi connectivity index (χ0n) is 16.4. The van der Waals surface area contributed by atoms with E-state index in [0.29, 0.717) is 16.2 Å². The summed E-state index contributed by atoms with van der Waals surface area (Å²) in [6, 6.07) is 6.21. The number of halogens is 4. The molecular weight excluding hydrogens is 437 g/mol. The molecule has 0 bridgehead atoms. The highest BCUT2D eigenvalue weighted by molar-refractivity contribution is 7.14. The van der Waals surface area contributed by atoms with Gasteiger partial charge in [0.2, 0.25) is 0 Å². The van der Waals surface area contributed by atoms with Crippen molar-refractivity contribution < 1.29 is 18.0 Å². The van der Waals surface area contributed by atoms with Crippen LogP contribution in [0.15, 0.2) is 46.6 Å². The molecule has 0 aliphatic heterocycles. The van der Waals surface area contributed by atoms with E-state index in [-0.39, 0.29) is 23.6 Å². The van der Waals surface area contributed by atoms with Crippen LogP contribution in [-0.4, -0.2) is 31.3 Å². The fourth-order valence-electron chi connectivity index (χ4n) is 2.95. The van der Waals surface area contributed by atoms with Crippen molar-refractivity contribution in [1.29, 1.82) is 0 Å². The second-order valence-electron chi connectivity index (χ2n) is 6.43. The number of amides is 1. The van der Waals surface area contributed by atoms with Gasteiger partial charge in [-0.1, -0.05) is 29.8 Å². The molecule has 1 aromatic carbocycles. The van der Waals surface area contributed by atoms with Gasteiger partial charge in [0.05, 0.1) is 21.2 Å². The van der Waals surface area contributed by atoms with Crippen LogP contribution in [0.25, 0.3) is 0 Å². The summed E-state index contributed by atoms with van der Waals surface area (Å²) in [4.78, 5) is 18.0. The molecule has 1 heterocycles. The first-order valence-electron chi connectivity index (χ1n) is 8.93. The Hall–Kier alpha value is -2.36. The lowest BCUT2D eigenvalue weighted by molar-refractivity contribution is -0.138. The lowest BCUT2D eigenvalue weighted by Gasteiger charge is -2.19. The van der Waals surface area contributed by atoms with Gasteiger partial charge in [-0.05, 0) is 31.0 Å². The average Bonchev–Trinajstić information content (AvgIpc) is 3.09. The maximum absolute atomic E-state index is 13.2. The first-order chi connectivity index (χ1) is 14.1. The standard InChI is InChI=1S/C20H22ClF3N4OS/c1-11-14(18(27-2)16(21)10-26)8-17(30-11)19(29)28-13(9-25)7-12-5-3-4-6-15(12)20(22,23)24/h3-6,8,10,13H,7,9,25-26H2,1-2H3,(H,28,29)/t13-/m0/s1. The molecule has 0 radical (unpaired) electrons. The van der Waals surface area contributed by atoms with Crippen LogP contribution in [0.2, 0.25) is 0 Å². The summed E-state index contributed by atoms with van der Waals surface area (Å²) >= 11 is 7.30. The van der Waals surface area contributed by atoms with Crippen LogP contribution in [-0.2, 0) is 12.6 Å². The normalized spacial score (nSPS) is 14.0. The quantitative estimate of drug-likeness (QED) is 0.550. The molecule has 30 heavy (non-hydrogen) atoms. The third-order valence-electron chi connectivity index (χ3n) is 4.40.